The Labute approximate surface area is 107 Å². The lowest BCUT2D eigenvalue weighted by atomic mass is 10.1. The summed E-state index contributed by atoms with van der Waals surface area (Å²) in [6, 6.07) is 14.2. The molecular weight excluding hydrogens is 313 g/mol. The van der Waals surface area contributed by atoms with Crippen molar-refractivity contribution >= 4 is 28.3 Å². The minimum atomic E-state index is 0.670. The van der Waals surface area contributed by atoms with Crippen LogP contribution >= 0.6 is 22.6 Å². The fourth-order valence-corrected chi connectivity index (χ4v) is 2.62. The van der Waals surface area contributed by atoms with Gasteiger partial charge < -0.3 is 5.21 Å². The molecule has 0 heterocycles. The maximum atomic E-state index is 9.14. The van der Waals surface area contributed by atoms with Crippen LogP contribution in [0.3, 0.4) is 0 Å². The largest absolute Gasteiger partial charge is 0.410 e. The molecule has 3 rings (SSSR count). The van der Waals surface area contributed by atoms with Gasteiger partial charge in [-0.25, -0.2) is 0 Å². The summed E-state index contributed by atoms with van der Waals surface area (Å²) in [5.41, 5.74) is 4.97. The molecule has 1 N–H and O–H groups in total. The van der Waals surface area contributed by atoms with Gasteiger partial charge in [-0.1, -0.05) is 35.5 Å². The summed E-state index contributed by atoms with van der Waals surface area (Å²) in [4.78, 5) is 0. The van der Waals surface area contributed by atoms with Gasteiger partial charge in [0, 0.05) is 14.7 Å². The number of halogens is 1. The van der Waals surface area contributed by atoms with Gasteiger partial charge in [0.05, 0.1) is 0 Å². The Morgan fingerprint density at radius 1 is 0.875 bits per heavy atom. The van der Waals surface area contributed by atoms with Crippen LogP contribution in [0, 0.1) is 3.57 Å². The van der Waals surface area contributed by atoms with Crippen LogP contribution in [0.15, 0.2) is 47.6 Å². The molecule has 0 bridgehead atoms. The summed E-state index contributed by atoms with van der Waals surface area (Å²) in [7, 11) is 0. The van der Waals surface area contributed by atoms with Gasteiger partial charge >= 0.3 is 0 Å². The Balaban J connectivity index is 2.39. The van der Waals surface area contributed by atoms with Crippen LogP contribution in [-0.4, -0.2) is 10.9 Å². The predicted octanol–water partition coefficient (Wildman–Crippen LogP) is 3.50. The highest BCUT2D eigenvalue weighted by Crippen LogP contribution is 2.37. The second kappa shape index (κ2) is 3.59. The second-order valence-corrected chi connectivity index (χ2v) is 4.93. The number of benzene rings is 2. The van der Waals surface area contributed by atoms with Crippen LogP contribution in [0.5, 0.6) is 0 Å². The zero-order chi connectivity index (χ0) is 11.1. The lowest BCUT2D eigenvalue weighted by Gasteiger charge is -1.99. The normalized spacial score (nSPS) is 14.9. The smallest absolute Gasteiger partial charge is 0.118 e. The number of nitrogens with zero attached hydrogens (tertiary/aromatic N) is 1. The molecule has 0 unspecified atom stereocenters. The summed E-state index contributed by atoms with van der Waals surface area (Å²) in [6.45, 7) is 0. The van der Waals surface area contributed by atoms with E-state index in [4.69, 9.17) is 5.21 Å². The molecule has 0 saturated carbocycles. The lowest BCUT2D eigenvalue weighted by molar-refractivity contribution is 0.320. The monoisotopic (exact) mass is 321 g/mol. The number of fused-ring (bicyclic) bond motifs is 3. The van der Waals surface area contributed by atoms with Crippen LogP contribution in [-0.2, 0) is 0 Å². The van der Waals surface area contributed by atoms with Crippen LogP contribution in [0.25, 0.3) is 11.1 Å². The molecule has 0 saturated heterocycles. The molecule has 0 amide bonds. The SMILES string of the molecule is ON=C1c2ccccc2-c2ccc(I)cc21. The highest BCUT2D eigenvalue weighted by Gasteiger charge is 2.24. The predicted molar refractivity (Wildman–Crippen MR) is 72.0 cm³/mol. The lowest BCUT2D eigenvalue weighted by Crippen LogP contribution is -1.97. The highest BCUT2D eigenvalue weighted by atomic mass is 127. The number of hydrogen-bond acceptors (Lipinski definition) is 2. The maximum absolute atomic E-state index is 9.14. The Kier molecular flexibility index (Phi) is 2.21. The van der Waals surface area contributed by atoms with Gasteiger partial charge in [0.2, 0.25) is 0 Å². The first-order valence-electron chi connectivity index (χ1n) is 4.93. The quantitative estimate of drug-likeness (QED) is 0.384. The van der Waals surface area contributed by atoms with E-state index in [2.05, 4.69) is 45.9 Å². The standard InChI is InChI=1S/C13H8INO/c14-8-5-6-10-9-3-1-2-4-11(9)13(15-16)12(10)7-8/h1-7,16H. The number of oxime groups is 1. The van der Waals surface area contributed by atoms with E-state index in [0.29, 0.717) is 5.71 Å². The summed E-state index contributed by atoms with van der Waals surface area (Å²) in [5.74, 6) is 0. The molecule has 2 nitrogen and oxygen atoms in total. The third-order valence-electron chi connectivity index (χ3n) is 2.81. The van der Waals surface area contributed by atoms with Crippen molar-refractivity contribution in [2.24, 2.45) is 5.16 Å². The van der Waals surface area contributed by atoms with Gasteiger partial charge in [0.1, 0.15) is 5.71 Å². The summed E-state index contributed by atoms with van der Waals surface area (Å²) in [6.07, 6.45) is 0. The number of hydrogen-bond donors (Lipinski definition) is 1. The molecule has 0 aromatic heterocycles. The molecular formula is C13H8INO. The van der Waals surface area contributed by atoms with Crippen LogP contribution in [0.2, 0.25) is 0 Å². The van der Waals surface area contributed by atoms with Crippen molar-refractivity contribution in [1.82, 2.24) is 0 Å². The van der Waals surface area contributed by atoms with Crippen molar-refractivity contribution in [2.75, 3.05) is 0 Å². The second-order valence-electron chi connectivity index (χ2n) is 3.68. The van der Waals surface area contributed by atoms with Gasteiger partial charge in [-0.15, -0.1) is 0 Å². The Morgan fingerprint density at radius 3 is 2.31 bits per heavy atom. The van der Waals surface area contributed by atoms with E-state index in [-0.39, 0.29) is 0 Å². The van der Waals surface area contributed by atoms with Gasteiger partial charge in [-0.2, -0.15) is 0 Å². The third kappa shape index (κ3) is 1.28. The third-order valence-corrected chi connectivity index (χ3v) is 3.48. The van der Waals surface area contributed by atoms with E-state index in [1.807, 2.05) is 24.3 Å². The fourth-order valence-electron chi connectivity index (χ4n) is 2.12. The Hall–Kier alpha value is -1.36. The summed E-state index contributed by atoms with van der Waals surface area (Å²) in [5, 5.41) is 12.6. The van der Waals surface area contributed by atoms with E-state index < -0.39 is 0 Å². The highest BCUT2D eigenvalue weighted by molar-refractivity contribution is 14.1. The van der Waals surface area contributed by atoms with E-state index in [1.54, 1.807) is 0 Å². The number of rotatable bonds is 0. The van der Waals surface area contributed by atoms with Crippen molar-refractivity contribution in [3.63, 3.8) is 0 Å². The maximum Gasteiger partial charge on any atom is 0.118 e. The Morgan fingerprint density at radius 2 is 1.56 bits per heavy atom. The minimum absolute atomic E-state index is 0.670. The van der Waals surface area contributed by atoms with Crippen molar-refractivity contribution in [2.45, 2.75) is 0 Å². The molecule has 2 aromatic rings. The van der Waals surface area contributed by atoms with Crippen LogP contribution in [0.1, 0.15) is 11.1 Å². The first-order chi connectivity index (χ1) is 7.81. The molecule has 0 fully saturated rings. The van der Waals surface area contributed by atoms with E-state index >= 15 is 0 Å². The topological polar surface area (TPSA) is 32.6 Å². The zero-order valence-electron chi connectivity index (χ0n) is 8.31. The van der Waals surface area contributed by atoms with Crippen molar-refractivity contribution < 1.29 is 5.21 Å². The molecule has 0 aliphatic heterocycles. The zero-order valence-corrected chi connectivity index (χ0v) is 10.5. The van der Waals surface area contributed by atoms with Gasteiger partial charge in [0.15, 0.2) is 0 Å². The molecule has 0 spiro atoms. The minimum Gasteiger partial charge on any atom is -0.410 e. The van der Waals surface area contributed by atoms with E-state index in [1.165, 1.54) is 0 Å². The molecule has 3 heteroatoms. The van der Waals surface area contributed by atoms with Crippen molar-refractivity contribution in [3.05, 3.63) is 57.2 Å². The molecule has 2 aromatic carbocycles. The molecule has 1 aliphatic carbocycles. The molecule has 0 radical (unpaired) electrons. The van der Waals surface area contributed by atoms with Crippen LogP contribution in [0.4, 0.5) is 0 Å². The van der Waals surface area contributed by atoms with Crippen molar-refractivity contribution in [1.29, 1.82) is 0 Å². The molecule has 16 heavy (non-hydrogen) atoms. The van der Waals surface area contributed by atoms with Gasteiger partial charge in [-0.05, 0) is 45.9 Å². The first kappa shape index (κ1) is 9.84. The summed E-state index contributed by atoms with van der Waals surface area (Å²) >= 11 is 2.26. The van der Waals surface area contributed by atoms with Gasteiger partial charge in [-0.3, -0.25) is 0 Å². The molecule has 78 valence electrons. The fraction of sp³-hybridized carbons (Fsp3) is 0. The average molecular weight is 321 g/mol. The Bertz CT molecular complexity index is 605. The van der Waals surface area contributed by atoms with E-state index in [0.717, 1.165) is 25.8 Å². The van der Waals surface area contributed by atoms with Crippen molar-refractivity contribution in [3.8, 4) is 11.1 Å². The molecule has 0 atom stereocenters. The summed E-state index contributed by atoms with van der Waals surface area (Å²) < 4.78 is 1.14. The van der Waals surface area contributed by atoms with Crippen LogP contribution < -0.4 is 0 Å². The average Bonchev–Trinajstić information content (AvgIpc) is 2.61. The van der Waals surface area contributed by atoms with E-state index in [9.17, 15) is 0 Å². The van der Waals surface area contributed by atoms with Gasteiger partial charge in [0.25, 0.3) is 0 Å². The first-order valence-corrected chi connectivity index (χ1v) is 6.01. The molecule has 1 aliphatic rings.